The van der Waals surface area contributed by atoms with Gasteiger partial charge in [-0.2, -0.15) is 5.21 Å². The number of H-pyrrole nitrogens is 1. The van der Waals surface area contributed by atoms with Crippen molar-refractivity contribution in [3.8, 4) is 17.5 Å². The molecule has 72 valence electrons. The first-order valence-electron chi connectivity index (χ1n) is 3.94. The Hall–Kier alpha value is -2.11. The molecule has 6 nitrogen and oxygen atoms in total. The van der Waals surface area contributed by atoms with Crippen molar-refractivity contribution in [2.24, 2.45) is 0 Å². The van der Waals surface area contributed by atoms with Crippen molar-refractivity contribution in [1.29, 1.82) is 0 Å². The molecule has 1 N–H and O–H groups in total. The summed E-state index contributed by atoms with van der Waals surface area (Å²) in [5, 5.41) is 13.0. The summed E-state index contributed by atoms with van der Waals surface area (Å²) >= 11 is 0. The fourth-order valence-electron chi connectivity index (χ4n) is 0.966. The van der Waals surface area contributed by atoms with E-state index in [1.807, 2.05) is 12.1 Å². The summed E-state index contributed by atoms with van der Waals surface area (Å²) in [6, 6.07) is 7.32. The summed E-state index contributed by atoms with van der Waals surface area (Å²) in [4.78, 5) is 0. The van der Waals surface area contributed by atoms with Crippen LogP contribution >= 0.6 is 0 Å². The Morgan fingerprint density at radius 2 is 2.14 bits per heavy atom. The molecule has 0 radical (unpaired) electrons. The van der Waals surface area contributed by atoms with Gasteiger partial charge in [-0.1, -0.05) is 16.3 Å². The minimum absolute atomic E-state index is 0.179. The number of nitrogens with zero attached hydrogens (tertiary/aromatic N) is 3. The maximum atomic E-state index is 5.26. The highest BCUT2D eigenvalue weighted by atomic mass is 16.5. The van der Waals surface area contributed by atoms with E-state index >= 15 is 0 Å². The Morgan fingerprint density at radius 1 is 1.29 bits per heavy atom. The summed E-state index contributed by atoms with van der Waals surface area (Å²) in [6.07, 6.45) is 0. The lowest BCUT2D eigenvalue weighted by Gasteiger charge is -2.02. The van der Waals surface area contributed by atoms with Crippen molar-refractivity contribution in [2.75, 3.05) is 7.11 Å². The zero-order valence-corrected chi connectivity index (χ0v) is 7.47. The Labute approximate surface area is 79.9 Å². The molecule has 2 aromatic rings. The van der Waals surface area contributed by atoms with Crippen LogP contribution < -0.4 is 9.47 Å². The lowest BCUT2D eigenvalue weighted by atomic mass is 10.3. The number of methoxy groups -OCH3 is 1. The van der Waals surface area contributed by atoms with Crippen LogP contribution in [0.25, 0.3) is 0 Å². The molecule has 0 aliphatic carbocycles. The number of hydrogen-bond donors (Lipinski definition) is 1. The SMILES string of the molecule is COc1cccc(Oc2nn[nH]n2)c1. The van der Waals surface area contributed by atoms with Gasteiger partial charge in [0.05, 0.1) is 7.11 Å². The van der Waals surface area contributed by atoms with Gasteiger partial charge in [-0.05, 0) is 17.3 Å². The topological polar surface area (TPSA) is 72.9 Å². The number of rotatable bonds is 3. The Balaban J connectivity index is 2.17. The van der Waals surface area contributed by atoms with Gasteiger partial charge in [0, 0.05) is 6.07 Å². The lowest BCUT2D eigenvalue weighted by Crippen LogP contribution is -1.88. The average molecular weight is 192 g/mol. The summed E-state index contributed by atoms with van der Waals surface area (Å²) in [7, 11) is 1.59. The molecule has 0 amide bonds. The molecular weight excluding hydrogens is 184 g/mol. The average Bonchev–Trinajstić information content (AvgIpc) is 2.71. The predicted octanol–water partition coefficient (Wildman–Crippen LogP) is 1.00. The van der Waals surface area contributed by atoms with Crippen molar-refractivity contribution >= 4 is 0 Å². The fourth-order valence-corrected chi connectivity index (χ4v) is 0.966. The molecule has 0 aliphatic rings. The van der Waals surface area contributed by atoms with Crippen LogP contribution in [-0.2, 0) is 0 Å². The quantitative estimate of drug-likeness (QED) is 0.785. The van der Waals surface area contributed by atoms with Gasteiger partial charge in [0.15, 0.2) is 0 Å². The van der Waals surface area contributed by atoms with Gasteiger partial charge < -0.3 is 9.47 Å². The molecule has 0 saturated heterocycles. The minimum atomic E-state index is 0.179. The van der Waals surface area contributed by atoms with E-state index in [0.29, 0.717) is 11.5 Å². The van der Waals surface area contributed by atoms with Crippen LogP contribution in [0.1, 0.15) is 0 Å². The van der Waals surface area contributed by atoms with Gasteiger partial charge in [0.2, 0.25) is 0 Å². The zero-order valence-electron chi connectivity index (χ0n) is 7.47. The lowest BCUT2D eigenvalue weighted by molar-refractivity contribution is 0.404. The third kappa shape index (κ3) is 1.79. The summed E-state index contributed by atoms with van der Waals surface area (Å²) in [6.45, 7) is 0. The van der Waals surface area contributed by atoms with E-state index in [1.54, 1.807) is 19.2 Å². The van der Waals surface area contributed by atoms with Crippen LogP contribution in [0.4, 0.5) is 0 Å². The second-order valence-electron chi connectivity index (χ2n) is 2.48. The number of ether oxygens (including phenoxy) is 2. The fraction of sp³-hybridized carbons (Fsp3) is 0.125. The number of aromatic amines is 1. The van der Waals surface area contributed by atoms with E-state index in [-0.39, 0.29) is 6.01 Å². The number of aromatic nitrogens is 4. The monoisotopic (exact) mass is 192 g/mol. The molecule has 0 unspecified atom stereocenters. The number of hydrogen-bond acceptors (Lipinski definition) is 5. The highest BCUT2D eigenvalue weighted by Crippen LogP contribution is 2.21. The third-order valence-corrected chi connectivity index (χ3v) is 1.58. The molecule has 0 saturated carbocycles. The van der Waals surface area contributed by atoms with E-state index < -0.39 is 0 Å². The van der Waals surface area contributed by atoms with Crippen LogP contribution in [0.15, 0.2) is 24.3 Å². The van der Waals surface area contributed by atoms with E-state index in [0.717, 1.165) is 0 Å². The molecule has 0 fully saturated rings. The van der Waals surface area contributed by atoms with Crippen LogP contribution in [-0.4, -0.2) is 27.7 Å². The molecule has 14 heavy (non-hydrogen) atoms. The van der Waals surface area contributed by atoms with E-state index in [2.05, 4.69) is 20.6 Å². The van der Waals surface area contributed by atoms with Crippen LogP contribution in [0.5, 0.6) is 17.5 Å². The summed E-state index contributed by atoms with van der Waals surface area (Å²) in [5.74, 6) is 1.32. The molecule has 1 aromatic heterocycles. The van der Waals surface area contributed by atoms with Gasteiger partial charge >= 0.3 is 6.01 Å². The molecule has 1 heterocycles. The maximum absolute atomic E-state index is 5.26. The highest BCUT2D eigenvalue weighted by Gasteiger charge is 2.01. The summed E-state index contributed by atoms with van der Waals surface area (Å²) in [5.41, 5.74) is 0. The predicted molar refractivity (Wildman–Crippen MR) is 47.2 cm³/mol. The smallest absolute Gasteiger partial charge is 0.361 e. The first-order chi connectivity index (χ1) is 6.88. The number of nitrogens with one attached hydrogen (secondary N) is 1. The molecule has 0 spiro atoms. The summed E-state index contributed by atoms with van der Waals surface area (Å²) < 4.78 is 10.3. The first kappa shape index (κ1) is 8.49. The Morgan fingerprint density at radius 3 is 2.86 bits per heavy atom. The molecule has 0 aliphatic heterocycles. The number of tetrazole rings is 1. The largest absolute Gasteiger partial charge is 0.497 e. The highest BCUT2D eigenvalue weighted by molar-refractivity contribution is 5.33. The molecule has 2 rings (SSSR count). The Bertz CT molecular complexity index is 401. The maximum Gasteiger partial charge on any atom is 0.361 e. The van der Waals surface area contributed by atoms with Crippen LogP contribution in [0.3, 0.4) is 0 Å². The van der Waals surface area contributed by atoms with Gasteiger partial charge in [-0.25, -0.2) is 0 Å². The number of benzene rings is 1. The third-order valence-electron chi connectivity index (χ3n) is 1.58. The normalized spacial score (nSPS) is 9.79. The minimum Gasteiger partial charge on any atom is -0.497 e. The van der Waals surface area contributed by atoms with Crippen LogP contribution in [0, 0.1) is 0 Å². The molecule has 0 atom stereocenters. The van der Waals surface area contributed by atoms with Gasteiger partial charge in [0.1, 0.15) is 11.5 Å². The van der Waals surface area contributed by atoms with Gasteiger partial charge in [-0.3, -0.25) is 0 Å². The van der Waals surface area contributed by atoms with E-state index in [9.17, 15) is 0 Å². The van der Waals surface area contributed by atoms with Crippen LogP contribution in [0.2, 0.25) is 0 Å². The van der Waals surface area contributed by atoms with Crippen molar-refractivity contribution in [3.05, 3.63) is 24.3 Å². The van der Waals surface area contributed by atoms with Crippen molar-refractivity contribution in [3.63, 3.8) is 0 Å². The van der Waals surface area contributed by atoms with Gasteiger partial charge in [-0.15, -0.1) is 0 Å². The second-order valence-corrected chi connectivity index (χ2v) is 2.48. The van der Waals surface area contributed by atoms with E-state index in [4.69, 9.17) is 9.47 Å². The van der Waals surface area contributed by atoms with E-state index in [1.165, 1.54) is 0 Å². The van der Waals surface area contributed by atoms with Gasteiger partial charge in [0.25, 0.3) is 0 Å². The molecule has 1 aromatic carbocycles. The molecular formula is C8H8N4O2. The standard InChI is InChI=1S/C8H8N4O2/c1-13-6-3-2-4-7(5-6)14-8-9-11-12-10-8/h2-5H,1H3,(H,9,10,11,12). The Kier molecular flexibility index (Phi) is 2.26. The van der Waals surface area contributed by atoms with Crippen molar-refractivity contribution in [1.82, 2.24) is 20.6 Å². The van der Waals surface area contributed by atoms with Crippen molar-refractivity contribution in [2.45, 2.75) is 0 Å². The second kappa shape index (κ2) is 3.73. The first-order valence-corrected chi connectivity index (χ1v) is 3.94. The zero-order chi connectivity index (χ0) is 9.80. The van der Waals surface area contributed by atoms with Crippen molar-refractivity contribution < 1.29 is 9.47 Å². The molecule has 0 bridgehead atoms. The molecule has 6 heteroatoms.